The van der Waals surface area contributed by atoms with Crippen molar-refractivity contribution in [2.24, 2.45) is 5.73 Å². The molecule has 110 valence electrons. The fourth-order valence-electron chi connectivity index (χ4n) is 1.92. The summed E-state index contributed by atoms with van der Waals surface area (Å²) < 4.78 is 11.9. The van der Waals surface area contributed by atoms with Crippen LogP contribution in [0.3, 0.4) is 0 Å². The minimum atomic E-state index is -0.0124. The van der Waals surface area contributed by atoms with Crippen LogP contribution in [0, 0.1) is 5.41 Å². The first-order chi connectivity index (χ1) is 10.1. The molecule has 0 unspecified atom stereocenters. The largest absolute Gasteiger partial charge is 0.496 e. The number of amidine groups is 1. The van der Waals surface area contributed by atoms with Gasteiger partial charge in [-0.1, -0.05) is 34.1 Å². The predicted octanol–water partition coefficient (Wildman–Crippen LogP) is 3.46. The van der Waals surface area contributed by atoms with Gasteiger partial charge in [-0.15, -0.1) is 0 Å². The van der Waals surface area contributed by atoms with E-state index in [2.05, 4.69) is 15.9 Å². The Kier molecular flexibility index (Phi) is 5.36. The van der Waals surface area contributed by atoms with Gasteiger partial charge >= 0.3 is 0 Å². The Labute approximate surface area is 132 Å². The van der Waals surface area contributed by atoms with Gasteiger partial charge in [-0.2, -0.15) is 0 Å². The van der Waals surface area contributed by atoms with Crippen molar-refractivity contribution in [1.29, 1.82) is 5.41 Å². The smallest absolute Gasteiger partial charge is 0.129 e. The number of nitrogen functional groups attached to an aromatic ring is 1. The number of rotatable bonds is 6. The van der Waals surface area contributed by atoms with E-state index in [1.165, 1.54) is 0 Å². The number of nitrogens with two attached hydrogens (primary N) is 1. The van der Waals surface area contributed by atoms with Gasteiger partial charge < -0.3 is 15.2 Å². The average molecular weight is 349 g/mol. The summed E-state index contributed by atoms with van der Waals surface area (Å²) >= 11 is 3.40. The molecule has 2 aromatic carbocycles. The highest BCUT2D eigenvalue weighted by Gasteiger charge is 2.07. The van der Waals surface area contributed by atoms with E-state index in [0.717, 1.165) is 15.6 Å². The highest BCUT2D eigenvalue weighted by molar-refractivity contribution is 9.10. The molecular weight excluding hydrogens is 332 g/mol. The van der Waals surface area contributed by atoms with Crippen molar-refractivity contribution in [2.75, 3.05) is 7.11 Å². The molecule has 0 aliphatic rings. The van der Waals surface area contributed by atoms with Gasteiger partial charge in [-0.25, -0.2) is 0 Å². The fraction of sp³-hybridized carbons (Fsp3) is 0.188. The van der Waals surface area contributed by atoms with Gasteiger partial charge in [0.1, 0.15) is 11.6 Å². The highest BCUT2D eigenvalue weighted by atomic mass is 79.9. The van der Waals surface area contributed by atoms with Gasteiger partial charge in [-0.3, -0.25) is 5.41 Å². The molecule has 0 bridgehead atoms. The lowest BCUT2D eigenvalue weighted by Crippen LogP contribution is -2.13. The molecular formula is C16H17BrN2O2. The van der Waals surface area contributed by atoms with Gasteiger partial charge in [0.15, 0.2) is 0 Å². The number of methoxy groups -OCH3 is 1. The molecule has 2 aromatic rings. The quantitative estimate of drug-likeness (QED) is 0.620. The van der Waals surface area contributed by atoms with Crippen LogP contribution < -0.4 is 10.5 Å². The standard InChI is InChI=1S/C16H17BrN2O2/c1-20-15-7-4-12(8-14(15)16(18)19)10-21-9-11-2-5-13(17)6-3-11/h2-8H,9-10H2,1H3,(H3,18,19). The van der Waals surface area contributed by atoms with E-state index in [4.69, 9.17) is 20.6 Å². The van der Waals surface area contributed by atoms with Crippen LogP contribution in [0.15, 0.2) is 46.9 Å². The lowest BCUT2D eigenvalue weighted by molar-refractivity contribution is 0.107. The van der Waals surface area contributed by atoms with Crippen molar-refractivity contribution in [3.8, 4) is 5.75 Å². The first-order valence-electron chi connectivity index (χ1n) is 6.43. The molecule has 5 heteroatoms. The summed E-state index contributed by atoms with van der Waals surface area (Å²) in [7, 11) is 1.56. The number of hydrogen-bond donors (Lipinski definition) is 2. The van der Waals surface area contributed by atoms with E-state index in [1.54, 1.807) is 13.2 Å². The molecule has 0 saturated carbocycles. The Bertz CT molecular complexity index is 627. The van der Waals surface area contributed by atoms with Gasteiger partial charge in [0.25, 0.3) is 0 Å². The molecule has 0 aliphatic carbocycles. The SMILES string of the molecule is COc1ccc(COCc2ccc(Br)cc2)cc1C(=N)N. The van der Waals surface area contributed by atoms with Crippen molar-refractivity contribution in [1.82, 2.24) is 0 Å². The molecule has 0 radical (unpaired) electrons. The average Bonchev–Trinajstić information content (AvgIpc) is 2.49. The molecule has 0 fully saturated rings. The topological polar surface area (TPSA) is 68.3 Å². The van der Waals surface area contributed by atoms with Crippen LogP contribution in [-0.2, 0) is 18.0 Å². The minimum absolute atomic E-state index is 0.0124. The van der Waals surface area contributed by atoms with Crippen LogP contribution in [0.4, 0.5) is 0 Å². The van der Waals surface area contributed by atoms with Gasteiger partial charge in [0.05, 0.1) is 25.9 Å². The van der Waals surface area contributed by atoms with Gasteiger partial charge in [0, 0.05) is 4.47 Å². The Morgan fingerprint density at radius 1 is 1.10 bits per heavy atom. The first-order valence-corrected chi connectivity index (χ1v) is 7.23. The molecule has 0 atom stereocenters. The molecule has 4 nitrogen and oxygen atoms in total. The number of halogens is 1. The second-order valence-corrected chi connectivity index (χ2v) is 5.48. The number of benzene rings is 2. The molecule has 0 saturated heterocycles. The molecule has 0 amide bonds. The summed E-state index contributed by atoms with van der Waals surface area (Å²) in [5, 5.41) is 7.56. The van der Waals surface area contributed by atoms with Crippen molar-refractivity contribution < 1.29 is 9.47 Å². The maximum Gasteiger partial charge on any atom is 0.129 e. The van der Waals surface area contributed by atoms with E-state index in [-0.39, 0.29) is 5.84 Å². The second-order valence-electron chi connectivity index (χ2n) is 4.57. The molecule has 2 rings (SSSR count). The summed E-state index contributed by atoms with van der Waals surface area (Å²) in [6, 6.07) is 13.5. The third-order valence-electron chi connectivity index (χ3n) is 3.00. The second kappa shape index (κ2) is 7.24. The zero-order chi connectivity index (χ0) is 15.2. The molecule has 0 heterocycles. The maximum absolute atomic E-state index is 7.56. The molecule has 21 heavy (non-hydrogen) atoms. The lowest BCUT2D eigenvalue weighted by atomic mass is 10.1. The zero-order valence-electron chi connectivity index (χ0n) is 11.7. The van der Waals surface area contributed by atoms with Crippen LogP contribution in [-0.4, -0.2) is 12.9 Å². The van der Waals surface area contributed by atoms with E-state index in [1.807, 2.05) is 36.4 Å². The fourth-order valence-corrected chi connectivity index (χ4v) is 2.19. The Balaban J connectivity index is 1.98. The number of hydrogen-bond acceptors (Lipinski definition) is 3. The third kappa shape index (κ3) is 4.31. The summed E-state index contributed by atoms with van der Waals surface area (Å²) in [6.45, 7) is 0.995. The van der Waals surface area contributed by atoms with Crippen LogP contribution in [0.5, 0.6) is 5.75 Å². The Morgan fingerprint density at radius 2 is 1.71 bits per heavy atom. The molecule has 3 N–H and O–H groups in total. The molecule has 0 aliphatic heterocycles. The highest BCUT2D eigenvalue weighted by Crippen LogP contribution is 2.20. The third-order valence-corrected chi connectivity index (χ3v) is 3.53. The Morgan fingerprint density at radius 3 is 2.33 bits per heavy atom. The monoisotopic (exact) mass is 348 g/mol. The van der Waals surface area contributed by atoms with Crippen molar-refractivity contribution in [2.45, 2.75) is 13.2 Å². The molecule has 0 aromatic heterocycles. The maximum atomic E-state index is 7.56. The van der Waals surface area contributed by atoms with Crippen LogP contribution in [0.1, 0.15) is 16.7 Å². The summed E-state index contributed by atoms with van der Waals surface area (Å²) in [6.07, 6.45) is 0. The summed E-state index contributed by atoms with van der Waals surface area (Å²) in [5.74, 6) is 0.584. The predicted molar refractivity (Wildman–Crippen MR) is 86.6 cm³/mol. The van der Waals surface area contributed by atoms with Crippen molar-refractivity contribution in [3.63, 3.8) is 0 Å². The van der Waals surface area contributed by atoms with Crippen LogP contribution in [0.25, 0.3) is 0 Å². The number of ether oxygens (including phenoxy) is 2. The van der Waals surface area contributed by atoms with E-state index >= 15 is 0 Å². The summed E-state index contributed by atoms with van der Waals surface area (Å²) in [4.78, 5) is 0. The van der Waals surface area contributed by atoms with Gasteiger partial charge in [-0.05, 0) is 35.4 Å². The lowest BCUT2D eigenvalue weighted by Gasteiger charge is -2.10. The first kappa shape index (κ1) is 15.5. The van der Waals surface area contributed by atoms with E-state index in [0.29, 0.717) is 24.5 Å². The van der Waals surface area contributed by atoms with Crippen molar-refractivity contribution in [3.05, 3.63) is 63.6 Å². The van der Waals surface area contributed by atoms with Gasteiger partial charge in [0.2, 0.25) is 0 Å². The van der Waals surface area contributed by atoms with Crippen LogP contribution >= 0.6 is 15.9 Å². The number of nitrogens with one attached hydrogen (secondary N) is 1. The minimum Gasteiger partial charge on any atom is -0.496 e. The zero-order valence-corrected chi connectivity index (χ0v) is 13.3. The van der Waals surface area contributed by atoms with Crippen LogP contribution in [0.2, 0.25) is 0 Å². The van der Waals surface area contributed by atoms with E-state index < -0.39 is 0 Å². The van der Waals surface area contributed by atoms with E-state index in [9.17, 15) is 0 Å². The normalized spacial score (nSPS) is 10.4. The Hall–Kier alpha value is -1.85. The van der Waals surface area contributed by atoms with Crippen molar-refractivity contribution >= 4 is 21.8 Å². The molecule has 0 spiro atoms. The summed E-state index contributed by atoms with van der Waals surface area (Å²) in [5.41, 5.74) is 8.20.